The van der Waals surface area contributed by atoms with E-state index in [1.807, 2.05) is 13.0 Å². The molecule has 0 unspecified atom stereocenters. The fourth-order valence-corrected chi connectivity index (χ4v) is 2.26. The van der Waals surface area contributed by atoms with Crippen LogP contribution in [-0.4, -0.2) is 38.0 Å². The highest BCUT2D eigenvalue weighted by atomic mass is 16.5. The van der Waals surface area contributed by atoms with Crippen molar-refractivity contribution in [3.63, 3.8) is 0 Å². The standard InChI is InChI=1S/C14H15N5O3/c1-2-5-10-13(20)19(14(21)16-10)8-11-17-12(18-22-11)9-6-3-4-7-15-9/h3-4,6-7,10H,2,5,8H2,1H3,(H,16,21)/t10-/m1/s1. The van der Waals surface area contributed by atoms with Gasteiger partial charge in [-0.2, -0.15) is 4.98 Å². The quantitative estimate of drug-likeness (QED) is 0.836. The first-order chi connectivity index (χ1) is 10.7. The number of nitrogens with zero attached hydrogens (tertiary/aromatic N) is 4. The third-order valence-electron chi connectivity index (χ3n) is 3.34. The van der Waals surface area contributed by atoms with E-state index < -0.39 is 12.1 Å². The topological polar surface area (TPSA) is 101 Å². The Hall–Kier alpha value is -2.77. The number of carbonyl (C=O) groups excluding carboxylic acids is 2. The highest BCUT2D eigenvalue weighted by molar-refractivity contribution is 6.04. The Morgan fingerprint density at radius 3 is 2.95 bits per heavy atom. The molecule has 0 spiro atoms. The van der Waals surface area contributed by atoms with Crippen LogP contribution in [0, 0.1) is 0 Å². The Balaban J connectivity index is 1.73. The lowest BCUT2D eigenvalue weighted by molar-refractivity contribution is -0.128. The molecular weight excluding hydrogens is 286 g/mol. The van der Waals surface area contributed by atoms with E-state index in [0.717, 1.165) is 11.3 Å². The van der Waals surface area contributed by atoms with E-state index in [1.54, 1.807) is 18.3 Å². The van der Waals surface area contributed by atoms with Gasteiger partial charge in [0.25, 0.3) is 5.91 Å². The molecule has 1 aliphatic heterocycles. The monoisotopic (exact) mass is 301 g/mol. The average Bonchev–Trinajstić information content (AvgIpc) is 3.10. The Morgan fingerprint density at radius 1 is 1.36 bits per heavy atom. The summed E-state index contributed by atoms with van der Waals surface area (Å²) in [6, 6.07) is 4.45. The highest BCUT2D eigenvalue weighted by Gasteiger charge is 2.38. The van der Waals surface area contributed by atoms with Gasteiger partial charge in [0.15, 0.2) is 0 Å². The Labute approximate surface area is 126 Å². The van der Waals surface area contributed by atoms with Crippen molar-refractivity contribution < 1.29 is 14.1 Å². The van der Waals surface area contributed by atoms with Gasteiger partial charge in [-0.25, -0.2) is 4.79 Å². The molecule has 1 fully saturated rings. The van der Waals surface area contributed by atoms with Crippen molar-refractivity contribution in [2.75, 3.05) is 0 Å². The molecule has 2 aromatic heterocycles. The number of urea groups is 1. The number of rotatable bonds is 5. The zero-order chi connectivity index (χ0) is 15.5. The molecule has 1 aliphatic rings. The van der Waals surface area contributed by atoms with E-state index in [-0.39, 0.29) is 18.3 Å². The summed E-state index contributed by atoms with van der Waals surface area (Å²) in [6.45, 7) is 1.92. The average molecular weight is 301 g/mol. The maximum absolute atomic E-state index is 12.1. The van der Waals surface area contributed by atoms with E-state index in [9.17, 15) is 9.59 Å². The zero-order valence-corrected chi connectivity index (χ0v) is 12.0. The van der Waals surface area contributed by atoms with Gasteiger partial charge in [-0.1, -0.05) is 24.6 Å². The van der Waals surface area contributed by atoms with E-state index in [2.05, 4.69) is 20.4 Å². The summed E-state index contributed by atoms with van der Waals surface area (Å²) >= 11 is 0. The summed E-state index contributed by atoms with van der Waals surface area (Å²) in [7, 11) is 0. The summed E-state index contributed by atoms with van der Waals surface area (Å²) in [4.78, 5) is 33.3. The number of carbonyl (C=O) groups is 2. The van der Waals surface area contributed by atoms with Crippen LogP contribution < -0.4 is 5.32 Å². The lowest BCUT2D eigenvalue weighted by atomic mass is 10.2. The van der Waals surface area contributed by atoms with E-state index in [0.29, 0.717) is 17.9 Å². The smallest absolute Gasteiger partial charge is 0.325 e. The van der Waals surface area contributed by atoms with Crippen molar-refractivity contribution in [2.45, 2.75) is 32.4 Å². The minimum atomic E-state index is -0.462. The van der Waals surface area contributed by atoms with Gasteiger partial charge in [0.05, 0.1) is 0 Å². The molecule has 3 rings (SSSR count). The van der Waals surface area contributed by atoms with Gasteiger partial charge < -0.3 is 9.84 Å². The third kappa shape index (κ3) is 2.67. The summed E-state index contributed by atoms with van der Waals surface area (Å²) in [6.07, 6.45) is 3.05. The van der Waals surface area contributed by atoms with Gasteiger partial charge in [-0.05, 0) is 18.6 Å². The molecule has 22 heavy (non-hydrogen) atoms. The maximum atomic E-state index is 12.1. The zero-order valence-electron chi connectivity index (χ0n) is 12.0. The molecule has 8 nitrogen and oxygen atoms in total. The van der Waals surface area contributed by atoms with Crippen LogP contribution in [-0.2, 0) is 11.3 Å². The molecule has 114 valence electrons. The Bertz CT molecular complexity index is 685. The predicted molar refractivity (Wildman–Crippen MR) is 75.3 cm³/mol. The van der Waals surface area contributed by atoms with Crippen LogP contribution in [0.3, 0.4) is 0 Å². The lowest BCUT2D eigenvalue weighted by Gasteiger charge is -2.09. The van der Waals surface area contributed by atoms with Crippen LogP contribution in [0.5, 0.6) is 0 Å². The van der Waals surface area contributed by atoms with Crippen LogP contribution in [0.15, 0.2) is 28.9 Å². The van der Waals surface area contributed by atoms with Gasteiger partial charge in [0.1, 0.15) is 18.3 Å². The summed E-state index contributed by atoms with van der Waals surface area (Å²) in [5.41, 5.74) is 0.568. The van der Waals surface area contributed by atoms with Crippen molar-refractivity contribution in [2.24, 2.45) is 0 Å². The normalized spacial score (nSPS) is 17.9. The number of hydrogen-bond acceptors (Lipinski definition) is 6. The first-order valence-corrected chi connectivity index (χ1v) is 7.05. The molecule has 2 aromatic rings. The molecule has 1 saturated heterocycles. The number of hydrogen-bond donors (Lipinski definition) is 1. The predicted octanol–water partition coefficient (Wildman–Crippen LogP) is 1.35. The van der Waals surface area contributed by atoms with Crippen LogP contribution in [0.2, 0.25) is 0 Å². The summed E-state index contributed by atoms with van der Waals surface area (Å²) < 4.78 is 5.10. The highest BCUT2D eigenvalue weighted by Crippen LogP contribution is 2.16. The molecule has 1 atom stereocenters. The fourth-order valence-electron chi connectivity index (χ4n) is 2.26. The molecule has 8 heteroatoms. The lowest BCUT2D eigenvalue weighted by Crippen LogP contribution is -2.31. The summed E-state index contributed by atoms with van der Waals surface area (Å²) in [5, 5.41) is 6.46. The van der Waals surface area contributed by atoms with Crippen LogP contribution in [0.25, 0.3) is 11.5 Å². The Kier molecular flexibility index (Phi) is 3.82. The number of aromatic nitrogens is 3. The largest absolute Gasteiger partial charge is 0.337 e. The SMILES string of the molecule is CCC[C@H]1NC(=O)N(Cc2nc(-c3ccccn3)no2)C1=O. The van der Waals surface area contributed by atoms with Crippen molar-refractivity contribution >= 4 is 11.9 Å². The molecule has 0 aromatic carbocycles. The molecule has 0 saturated carbocycles. The second kappa shape index (κ2) is 5.92. The van der Waals surface area contributed by atoms with Gasteiger partial charge in [-0.3, -0.25) is 14.7 Å². The number of imide groups is 1. The maximum Gasteiger partial charge on any atom is 0.325 e. The van der Waals surface area contributed by atoms with Crippen LogP contribution in [0.1, 0.15) is 25.7 Å². The number of amides is 3. The van der Waals surface area contributed by atoms with Gasteiger partial charge in [0.2, 0.25) is 11.7 Å². The van der Waals surface area contributed by atoms with Crippen LogP contribution in [0.4, 0.5) is 4.79 Å². The first kappa shape index (κ1) is 14.2. The second-order valence-electron chi connectivity index (χ2n) is 4.94. The summed E-state index contributed by atoms with van der Waals surface area (Å²) in [5.74, 6) is 0.262. The van der Waals surface area contributed by atoms with E-state index in [1.165, 1.54) is 0 Å². The van der Waals surface area contributed by atoms with Crippen LogP contribution >= 0.6 is 0 Å². The van der Waals surface area contributed by atoms with Crippen molar-refractivity contribution in [3.8, 4) is 11.5 Å². The molecule has 0 aliphatic carbocycles. The molecule has 1 N–H and O–H groups in total. The van der Waals surface area contributed by atoms with Crippen molar-refractivity contribution in [1.82, 2.24) is 25.3 Å². The molecule has 3 heterocycles. The minimum absolute atomic E-state index is 0.0370. The molecular formula is C14H15N5O3. The molecule has 0 bridgehead atoms. The Morgan fingerprint density at radius 2 is 2.23 bits per heavy atom. The second-order valence-corrected chi connectivity index (χ2v) is 4.94. The minimum Gasteiger partial charge on any atom is -0.337 e. The first-order valence-electron chi connectivity index (χ1n) is 7.05. The van der Waals surface area contributed by atoms with Crippen molar-refractivity contribution in [1.29, 1.82) is 0 Å². The number of nitrogens with one attached hydrogen (secondary N) is 1. The number of pyridine rings is 1. The molecule has 0 radical (unpaired) electrons. The third-order valence-corrected chi connectivity index (χ3v) is 3.34. The fraction of sp³-hybridized carbons (Fsp3) is 0.357. The van der Waals surface area contributed by atoms with Crippen molar-refractivity contribution in [3.05, 3.63) is 30.3 Å². The van der Waals surface area contributed by atoms with Gasteiger partial charge in [-0.15, -0.1) is 0 Å². The van der Waals surface area contributed by atoms with Gasteiger partial charge >= 0.3 is 6.03 Å². The van der Waals surface area contributed by atoms with Gasteiger partial charge in [0, 0.05) is 6.20 Å². The van der Waals surface area contributed by atoms with E-state index in [4.69, 9.17) is 4.52 Å². The van der Waals surface area contributed by atoms with E-state index >= 15 is 0 Å². The molecule has 3 amide bonds.